The second-order valence-electron chi connectivity index (χ2n) is 2.03. The Morgan fingerprint density at radius 3 is 2.29 bits per heavy atom. The van der Waals surface area contributed by atoms with Crippen molar-refractivity contribution in [2.45, 2.75) is 24.6 Å². The highest BCUT2D eigenvalue weighted by Gasteiger charge is 2.36. The van der Waals surface area contributed by atoms with Crippen molar-refractivity contribution in [2.24, 2.45) is 0 Å². The summed E-state index contributed by atoms with van der Waals surface area (Å²) in [7, 11) is 0. The highest BCUT2D eigenvalue weighted by molar-refractivity contribution is 6.27. The van der Waals surface area contributed by atoms with Crippen molar-refractivity contribution >= 4 is 11.6 Å². The minimum absolute atomic E-state index is 0.0920. The summed E-state index contributed by atoms with van der Waals surface area (Å²) in [6.07, 6.45) is 6.41. The normalized spacial score (nSPS) is 26.0. The highest BCUT2D eigenvalue weighted by Crippen LogP contribution is 2.43. The van der Waals surface area contributed by atoms with Crippen LogP contribution in [0.3, 0.4) is 0 Å². The van der Waals surface area contributed by atoms with Gasteiger partial charge in [0.25, 0.3) is 0 Å². The van der Waals surface area contributed by atoms with Gasteiger partial charge in [0.1, 0.15) is 0 Å². The first-order valence-corrected chi connectivity index (χ1v) is 2.97. The van der Waals surface area contributed by atoms with E-state index in [-0.39, 0.29) is 4.87 Å². The van der Waals surface area contributed by atoms with Gasteiger partial charge in [0.15, 0.2) is 0 Å². The van der Waals surface area contributed by atoms with Crippen molar-refractivity contribution in [3.8, 4) is 0 Å². The maximum absolute atomic E-state index is 5.86. The van der Waals surface area contributed by atoms with Gasteiger partial charge in [-0.1, -0.05) is 12.2 Å². The van der Waals surface area contributed by atoms with Gasteiger partial charge in [-0.2, -0.15) is 0 Å². The van der Waals surface area contributed by atoms with E-state index in [1.54, 1.807) is 0 Å². The first kappa shape index (κ1) is 5.17. The smallest absolute Gasteiger partial charge is 0.0627 e. The summed E-state index contributed by atoms with van der Waals surface area (Å²) in [5, 5.41) is 0. The van der Waals surface area contributed by atoms with Crippen molar-refractivity contribution in [3.63, 3.8) is 0 Å². The molecular weight excluding hydrogens is 108 g/mol. The Hall–Kier alpha value is 0.0300. The van der Waals surface area contributed by atoms with Crippen LogP contribution in [0.15, 0.2) is 12.2 Å². The molecule has 0 bridgehead atoms. The Morgan fingerprint density at radius 2 is 2.14 bits per heavy atom. The summed E-state index contributed by atoms with van der Waals surface area (Å²) in [5.74, 6) is 0. The second kappa shape index (κ2) is 1.52. The summed E-state index contributed by atoms with van der Waals surface area (Å²) in [6, 6.07) is 0. The molecule has 0 heterocycles. The number of alkyl halides is 1. The average molecular weight is 117 g/mol. The van der Waals surface area contributed by atoms with Crippen LogP contribution in [0.5, 0.6) is 0 Å². The summed E-state index contributed by atoms with van der Waals surface area (Å²) < 4.78 is 0. The van der Waals surface area contributed by atoms with Crippen LogP contribution in [0.1, 0.15) is 19.8 Å². The molecule has 7 heavy (non-hydrogen) atoms. The molecular formula is C6H9Cl. The van der Waals surface area contributed by atoms with Crippen molar-refractivity contribution in [3.05, 3.63) is 12.2 Å². The second-order valence-corrected chi connectivity index (χ2v) is 2.79. The molecule has 1 heteroatoms. The molecule has 0 spiro atoms. The Morgan fingerprint density at radius 1 is 1.57 bits per heavy atom. The van der Waals surface area contributed by atoms with E-state index in [4.69, 9.17) is 11.6 Å². The molecule has 0 aromatic heterocycles. The number of rotatable bonds is 1. The molecule has 0 aromatic rings. The van der Waals surface area contributed by atoms with E-state index < -0.39 is 0 Å². The summed E-state index contributed by atoms with van der Waals surface area (Å²) in [5.41, 5.74) is 0. The third-order valence-electron chi connectivity index (χ3n) is 1.19. The Bertz CT molecular complexity index is 90.4. The Balaban J connectivity index is 2.40. The lowest BCUT2D eigenvalue weighted by molar-refractivity contribution is 1.17. The molecule has 0 aromatic carbocycles. The van der Waals surface area contributed by atoms with Crippen LogP contribution in [0.4, 0.5) is 0 Å². The largest absolute Gasteiger partial charge is 0.115 e. The molecule has 0 amide bonds. The van der Waals surface area contributed by atoms with Crippen LogP contribution in [0.25, 0.3) is 0 Å². The Kier molecular flexibility index (Phi) is 1.12. The quantitative estimate of drug-likeness (QED) is 0.364. The van der Waals surface area contributed by atoms with E-state index in [1.807, 2.05) is 13.0 Å². The first-order chi connectivity index (χ1) is 3.27. The summed E-state index contributed by atoms with van der Waals surface area (Å²) in [6.45, 7) is 2.00. The number of hydrogen-bond acceptors (Lipinski definition) is 0. The molecule has 0 saturated heterocycles. The summed E-state index contributed by atoms with van der Waals surface area (Å²) in [4.78, 5) is 0.0920. The van der Waals surface area contributed by atoms with Crippen molar-refractivity contribution in [1.29, 1.82) is 0 Å². The number of hydrogen-bond donors (Lipinski definition) is 0. The van der Waals surface area contributed by atoms with Crippen molar-refractivity contribution in [1.82, 2.24) is 0 Å². The summed E-state index contributed by atoms with van der Waals surface area (Å²) >= 11 is 5.86. The van der Waals surface area contributed by atoms with Gasteiger partial charge in [-0.15, -0.1) is 11.6 Å². The van der Waals surface area contributed by atoms with Crippen LogP contribution >= 0.6 is 11.6 Å². The predicted molar refractivity (Wildman–Crippen MR) is 32.6 cm³/mol. The lowest BCUT2D eigenvalue weighted by atomic mass is 10.4. The van der Waals surface area contributed by atoms with Crippen LogP contribution < -0.4 is 0 Å². The molecule has 1 saturated carbocycles. The van der Waals surface area contributed by atoms with E-state index >= 15 is 0 Å². The lowest BCUT2D eigenvalue weighted by Gasteiger charge is -1.89. The lowest BCUT2D eigenvalue weighted by Crippen LogP contribution is -1.86. The fourth-order valence-corrected chi connectivity index (χ4v) is 0.805. The van der Waals surface area contributed by atoms with Crippen LogP contribution in [0.2, 0.25) is 0 Å². The van der Waals surface area contributed by atoms with E-state index in [2.05, 4.69) is 6.08 Å². The molecule has 0 unspecified atom stereocenters. The van der Waals surface area contributed by atoms with Crippen LogP contribution in [-0.2, 0) is 0 Å². The molecule has 1 aliphatic rings. The minimum atomic E-state index is 0.0920. The molecule has 1 fully saturated rings. The van der Waals surface area contributed by atoms with Crippen molar-refractivity contribution in [2.75, 3.05) is 0 Å². The van der Waals surface area contributed by atoms with Crippen LogP contribution in [0, 0.1) is 0 Å². The predicted octanol–water partition coefficient (Wildman–Crippen LogP) is 2.33. The molecule has 40 valence electrons. The van der Waals surface area contributed by atoms with Crippen LogP contribution in [-0.4, -0.2) is 4.87 Å². The minimum Gasteiger partial charge on any atom is -0.115 e. The molecule has 0 atom stereocenters. The number of halogens is 1. The Labute approximate surface area is 49.2 Å². The van der Waals surface area contributed by atoms with E-state index in [0.717, 1.165) is 0 Å². The standard InChI is InChI=1S/C6H9Cl/c1-2-3-6(7)4-5-6/h2-3H,4-5H2,1H3/b3-2+. The average Bonchev–Trinajstić information content (AvgIpc) is 2.22. The molecule has 1 rings (SSSR count). The maximum Gasteiger partial charge on any atom is 0.0627 e. The van der Waals surface area contributed by atoms with Gasteiger partial charge in [0.05, 0.1) is 4.87 Å². The maximum atomic E-state index is 5.86. The van der Waals surface area contributed by atoms with Gasteiger partial charge < -0.3 is 0 Å². The molecule has 0 nitrogen and oxygen atoms in total. The zero-order valence-electron chi connectivity index (χ0n) is 4.45. The number of allylic oxidation sites excluding steroid dienone is 2. The van der Waals surface area contributed by atoms with E-state index in [9.17, 15) is 0 Å². The highest BCUT2D eigenvalue weighted by atomic mass is 35.5. The first-order valence-electron chi connectivity index (χ1n) is 2.60. The van der Waals surface area contributed by atoms with E-state index in [1.165, 1.54) is 12.8 Å². The van der Waals surface area contributed by atoms with Gasteiger partial charge in [0, 0.05) is 0 Å². The van der Waals surface area contributed by atoms with Gasteiger partial charge >= 0.3 is 0 Å². The molecule has 1 aliphatic carbocycles. The van der Waals surface area contributed by atoms with Gasteiger partial charge in [0.2, 0.25) is 0 Å². The zero-order valence-corrected chi connectivity index (χ0v) is 5.20. The molecule has 0 radical (unpaired) electrons. The van der Waals surface area contributed by atoms with Gasteiger partial charge in [-0.3, -0.25) is 0 Å². The topological polar surface area (TPSA) is 0 Å². The van der Waals surface area contributed by atoms with Crippen molar-refractivity contribution < 1.29 is 0 Å². The molecule has 0 N–H and O–H groups in total. The van der Waals surface area contributed by atoms with E-state index in [0.29, 0.717) is 0 Å². The molecule has 0 aliphatic heterocycles. The fraction of sp³-hybridized carbons (Fsp3) is 0.667. The van der Waals surface area contributed by atoms with Gasteiger partial charge in [-0.25, -0.2) is 0 Å². The third kappa shape index (κ3) is 1.20. The zero-order chi connectivity index (χ0) is 5.33. The van der Waals surface area contributed by atoms with Gasteiger partial charge in [-0.05, 0) is 19.8 Å². The SMILES string of the molecule is C/C=C/C1(Cl)CC1. The fourth-order valence-electron chi connectivity index (χ4n) is 0.585. The monoisotopic (exact) mass is 116 g/mol. The third-order valence-corrected chi connectivity index (χ3v) is 1.70.